The third-order valence-corrected chi connectivity index (χ3v) is 4.22. The number of pyridine rings is 1. The van der Waals surface area contributed by atoms with Gasteiger partial charge in [0.1, 0.15) is 5.82 Å². The van der Waals surface area contributed by atoms with Gasteiger partial charge >= 0.3 is 0 Å². The number of aromatic nitrogens is 1. The van der Waals surface area contributed by atoms with Crippen molar-refractivity contribution in [3.05, 3.63) is 54.2 Å². The molecule has 1 aromatic heterocycles. The fraction of sp³-hybridized carbons (Fsp3) is 0.133. The summed E-state index contributed by atoms with van der Waals surface area (Å²) in [5, 5.41) is 2.68. The van der Waals surface area contributed by atoms with Crippen LogP contribution >= 0.6 is 11.9 Å². The van der Waals surface area contributed by atoms with Gasteiger partial charge < -0.3 is 5.32 Å². The molecule has 0 radical (unpaired) electrons. The molecule has 3 rings (SSSR count). The fourth-order valence-electron chi connectivity index (χ4n) is 2.19. The van der Waals surface area contributed by atoms with Crippen molar-refractivity contribution in [1.29, 1.82) is 0 Å². The maximum atomic E-state index is 12.5. The summed E-state index contributed by atoms with van der Waals surface area (Å²) in [5.74, 6) is -0.129. The molecular formula is C15H13N3O2S. The molecule has 1 aliphatic heterocycles. The highest BCUT2D eigenvalue weighted by Crippen LogP contribution is 2.33. The van der Waals surface area contributed by atoms with Crippen LogP contribution < -0.4 is 5.32 Å². The SMILES string of the molecule is CN1Sc2ccccc2C(=O)C1C(=O)Nc1ccccn1. The number of nitrogens with one attached hydrogen (secondary N) is 1. The van der Waals surface area contributed by atoms with Crippen LogP contribution in [0.5, 0.6) is 0 Å². The molecule has 0 fully saturated rings. The third-order valence-electron chi connectivity index (χ3n) is 3.17. The lowest BCUT2D eigenvalue weighted by Gasteiger charge is -2.30. The predicted octanol–water partition coefficient (Wildman–Crippen LogP) is 2.22. The zero-order chi connectivity index (χ0) is 14.8. The first-order chi connectivity index (χ1) is 10.2. The van der Waals surface area contributed by atoms with E-state index < -0.39 is 6.04 Å². The molecule has 0 spiro atoms. The number of fused-ring (bicyclic) bond motifs is 1. The largest absolute Gasteiger partial charge is 0.309 e. The van der Waals surface area contributed by atoms with Crippen LogP contribution in [-0.4, -0.2) is 34.1 Å². The lowest BCUT2D eigenvalue weighted by atomic mass is 10.0. The van der Waals surface area contributed by atoms with Crippen LogP contribution in [0.15, 0.2) is 53.6 Å². The van der Waals surface area contributed by atoms with Crippen LogP contribution in [-0.2, 0) is 4.79 Å². The van der Waals surface area contributed by atoms with Crippen molar-refractivity contribution in [2.24, 2.45) is 0 Å². The molecule has 0 bridgehead atoms. The van der Waals surface area contributed by atoms with E-state index in [1.54, 1.807) is 47.9 Å². The number of Topliss-reactive ketones (excluding diaryl/α,β-unsaturated/α-hetero) is 1. The van der Waals surface area contributed by atoms with E-state index in [0.717, 1.165) is 4.90 Å². The van der Waals surface area contributed by atoms with E-state index in [1.807, 2.05) is 12.1 Å². The Labute approximate surface area is 126 Å². The molecule has 1 aliphatic rings. The first-order valence-corrected chi connectivity index (χ1v) is 7.20. The number of likely N-dealkylation sites (N-methyl/N-ethyl adjacent to an activating group) is 1. The van der Waals surface area contributed by atoms with Crippen LogP contribution in [0.4, 0.5) is 5.82 Å². The second-order valence-electron chi connectivity index (χ2n) is 4.60. The summed E-state index contributed by atoms with van der Waals surface area (Å²) in [7, 11) is 1.74. The van der Waals surface area contributed by atoms with Crippen molar-refractivity contribution in [3.8, 4) is 0 Å². The lowest BCUT2D eigenvalue weighted by Crippen LogP contribution is -2.46. The molecule has 106 valence electrons. The Hall–Kier alpha value is -2.18. The number of ketones is 1. The van der Waals surface area contributed by atoms with E-state index in [0.29, 0.717) is 11.4 Å². The van der Waals surface area contributed by atoms with E-state index in [2.05, 4.69) is 10.3 Å². The summed E-state index contributed by atoms with van der Waals surface area (Å²) in [6.45, 7) is 0. The van der Waals surface area contributed by atoms with Gasteiger partial charge in [0.25, 0.3) is 5.91 Å². The molecule has 1 atom stereocenters. The number of hydrogen-bond acceptors (Lipinski definition) is 5. The van der Waals surface area contributed by atoms with Gasteiger partial charge in [-0.05, 0) is 37.2 Å². The average molecular weight is 299 g/mol. The van der Waals surface area contributed by atoms with Gasteiger partial charge in [-0.2, -0.15) is 0 Å². The number of benzene rings is 1. The highest BCUT2D eigenvalue weighted by Gasteiger charge is 2.37. The Morgan fingerprint density at radius 2 is 2.00 bits per heavy atom. The zero-order valence-corrected chi connectivity index (χ0v) is 12.1. The van der Waals surface area contributed by atoms with Gasteiger partial charge in [-0.1, -0.05) is 24.3 Å². The predicted molar refractivity (Wildman–Crippen MR) is 81.0 cm³/mol. The van der Waals surface area contributed by atoms with E-state index in [1.165, 1.54) is 11.9 Å². The molecule has 21 heavy (non-hydrogen) atoms. The van der Waals surface area contributed by atoms with E-state index >= 15 is 0 Å². The molecule has 1 aromatic carbocycles. The zero-order valence-electron chi connectivity index (χ0n) is 11.3. The average Bonchev–Trinajstić information content (AvgIpc) is 2.48. The quantitative estimate of drug-likeness (QED) is 0.680. The first-order valence-electron chi connectivity index (χ1n) is 6.43. The minimum atomic E-state index is -0.855. The maximum Gasteiger partial charge on any atom is 0.251 e. The minimum Gasteiger partial charge on any atom is -0.309 e. The summed E-state index contributed by atoms with van der Waals surface area (Å²) < 4.78 is 1.67. The number of anilines is 1. The van der Waals surface area contributed by atoms with Gasteiger partial charge in [-0.15, -0.1) is 0 Å². The van der Waals surface area contributed by atoms with E-state index in [9.17, 15) is 9.59 Å². The molecular weight excluding hydrogens is 286 g/mol. The summed E-state index contributed by atoms with van der Waals surface area (Å²) in [6, 6.07) is 11.7. The Morgan fingerprint density at radius 1 is 1.24 bits per heavy atom. The van der Waals surface area contributed by atoms with Gasteiger partial charge in [-0.25, -0.2) is 9.29 Å². The van der Waals surface area contributed by atoms with Crippen molar-refractivity contribution in [3.63, 3.8) is 0 Å². The Balaban J connectivity index is 1.85. The molecule has 1 N–H and O–H groups in total. The number of hydrogen-bond donors (Lipinski definition) is 1. The summed E-state index contributed by atoms with van der Waals surface area (Å²) in [6.07, 6.45) is 1.59. The Kier molecular flexibility index (Phi) is 3.72. The molecule has 0 aliphatic carbocycles. The fourth-order valence-corrected chi connectivity index (χ4v) is 3.20. The lowest BCUT2D eigenvalue weighted by molar-refractivity contribution is -0.118. The van der Waals surface area contributed by atoms with E-state index in [-0.39, 0.29) is 11.7 Å². The van der Waals surface area contributed by atoms with Crippen molar-refractivity contribution < 1.29 is 9.59 Å². The molecule has 2 heterocycles. The topological polar surface area (TPSA) is 62.3 Å². The Bertz CT molecular complexity index is 690. The van der Waals surface area contributed by atoms with Crippen LogP contribution in [0.3, 0.4) is 0 Å². The summed E-state index contributed by atoms with van der Waals surface area (Å²) in [5.41, 5.74) is 0.585. The van der Waals surface area contributed by atoms with E-state index in [4.69, 9.17) is 0 Å². The van der Waals surface area contributed by atoms with Crippen molar-refractivity contribution in [2.45, 2.75) is 10.9 Å². The van der Waals surface area contributed by atoms with Crippen LogP contribution in [0.2, 0.25) is 0 Å². The minimum absolute atomic E-state index is 0.194. The molecule has 2 aromatic rings. The molecule has 6 heteroatoms. The monoisotopic (exact) mass is 299 g/mol. The van der Waals surface area contributed by atoms with Gasteiger partial charge in [0, 0.05) is 16.7 Å². The summed E-state index contributed by atoms with van der Waals surface area (Å²) in [4.78, 5) is 29.8. The second-order valence-corrected chi connectivity index (χ2v) is 5.80. The smallest absolute Gasteiger partial charge is 0.251 e. The molecule has 0 saturated carbocycles. The van der Waals surface area contributed by atoms with Crippen LogP contribution in [0.25, 0.3) is 0 Å². The molecule has 0 saturated heterocycles. The Morgan fingerprint density at radius 3 is 2.76 bits per heavy atom. The van der Waals surface area contributed by atoms with Crippen molar-refractivity contribution in [1.82, 2.24) is 9.29 Å². The standard InChI is InChI=1S/C15H13N3O2S/c1-18-13(15(20)17-12-8-4-5-9-16-12)14(19)10-6-2-3-7-11(10)21-18/h2-9,13H,1H3,(H,16,17,20). The van der Waals surface area contributed by atoms with Crippen LogP contribution in [0.1, 0.15) is 10.4 Å². The third kappa shape index (κ3) is 2.68. The number of amides is 1. The second kappa shape index (κ2) is 5.67. The molecule has 1 amide bonds. The van der Waals surface area contributed by atoms with Gasteiger partial charge in [0.05, 0.1) is 0 Å². The molecule has 5 nitrogen and oxygen atoms in total. The number of rotatable bonds is 2. The van der Waals surface area contributed by atoms with Crippen molar-refractivity contribution >= 4 is 29.5 Å². The normalized spacial score (nSPS) is 18.1. The summed E-state index contributed by atoms with van der Waals surface area (Å²) >= 11 is 1.39. The number of nitrogens with zero attached hydrogens (tertiary/aromatic N) is 2. The maximum absolute atomic E-state index is 12.5. The first kappa shape index (κ1) is 13.8. The van der Waals surface area contributed by atoms with Crippen LogP contribution in [0, 0.1) is 0 Å². The van der Waals surface area contributed by atoms with Gasteiger partial charge in [0.2, 0.25) is 0 Å². The highest BCUT2D eigenvalue weighted by atomic mass is 32.2. The van der Waals surface area contributed by atoms with Crippen molar-refractivity contribution in [2.75, 3.05) is 12.4 Å². The number of carbonyl (C=O) groups excluding carboxylic acids is 2. The number of carbonyl (C=O) groups is 2. The highest BCUT2D eigenvalue weighted by molar-refractivity contribution is 7.97. The van der Waals surface area contributed by atoms with Gasteiger partial charge in [-0.3, -0.25) is 9.59 Å². The molecule has 1 unspecified atom stereocenters. The van der Waals surface area contributed by atoms with Gasteiger partial charge in [0.15, 0.2) is 11.8 Å².